The zero-order valence-corrected chi connectivity index (χ0v) is 13.2. The van der Waals surface area contributed by atoms with Crippen molar-refractivity contribution < 1.29 is 18.1 Å². The number of hydrogen-bond donors (Lipinski definition) is 2. The smallest absolute Gasteiger partial charge is 0.304 e. The zero-order valence-electron chi connectivity index (χ0n) is 11.6. The molecule has 10 heteroatoms. The van der Waals surface area contributed by atoms with Gasteiger partial charge in [0.2, 0.25) is 10.0 Å². The average molecular weight is 323 g/mol. The minimum atomic E-state index is -3.80. The topological polar surface area (TPSA) is 111 Å². The molecule has 0 aliphatic heterocycles. The third kappa shape index (κ3) is 3.88. The molecule has 20 heavy (non-hydrogen) atoms. The van der Waals surface area contributed by atoms with Gasteiger partial charge in [-0.25, -0.2) is 13.1 Å². The van der Waals surface area contributed by atoms with Crippen LogP contribution in [0, 0.1) is 10.1 Å². The molecule has 0 aliphatic carbocycles. The van der Waals surface area contributed by atoms with Crippen molar-refractivity contribution in [2.24, 2.45) is 0 Å². The summed E-state index contributed by atoms with van der Waals surface area (Å²) in [5, 5.41) is 13.6. The predicted octanol–water partition coefficient (Wildman–Crippen LogP) is 1.40. The molecule has 0 aliphatic rings. The minimum Gasteiger partial charge on any atom is -0.377 e. The molecule has 0 unspecified atom stereocenters. The lowest BCUT2D eigenvalue weighted by atomic mass is 10.1. The Balaban J connectivity index is 3.02. The van der Waals surface area contributed by atoms with Gasteiger partial charge in [-0.2, -0.15) is 0 Å². The normalized spacial score (nSPS) is 12.4. The number of nitro groups is 1. The highest BCUT2D eigenvalue weighted by Crippen LogP contribution is 2.36. The van der Waals surface area contributed by atoms with E-state index in [0.717, 1.165) is 17.4 Å². The van der Waals surface area contributed by atoms with Crippen LogP contribution in [0.4, 0.5) is 10.7 Å². The number of rotatable bonds is 7. The van der Waals surface area contributed by atoms with Crippen LogP contribution in [0.5, 0.6) is 0 Å². The van der Waals surface area contributed by atoms with Gasteiger partial charge >= 0.3 is 5.69 Å². The van der Waals surface area contributed by atoms with E-state index in [0.29, 0.717) is 0 Å². The first-order valence-corrected chi connectivity index (χ1v) is 7.94. The molecule has 8 nitrogen and oxygen atoms in total. The summed E-state index contributed by atoms with van der Waals surface area (Å²) in [5.41, 5.74) is -0.925. The van der Waals surface area contributed by atoms with Crippen molar-refractivity contribution in [1.82, 2.24) is 4.72 Å². The minimum absolute atomic E-state index is 0.0619. The fraction of sp³-hybridized carbons (Fsp3) is 0.600. The van der Waals surface area contributed by atoms with E-state index in [1.165, 1.54) is 14.2 Å². The van der Waals surface area contributed by atoms with Crippen molar-refractivity contribution in [3.8, 4) is 0 Å². The Kier molecular flexibility index (Phi) is 5.08. The SMILES string of the molecule is CNc1sc(S(=O)(=O)NCC(C)(C)OC)cc1[N+](=O)[O-]. The van der Waals surface area contributed by atoms with Gasteiger partial charge < -0.3 is 10.1 Å². The Hall–Kier alpha value is -1.23. The van der Waals surface area contributed by atoms with Gasteiger partial charge in [0.25, 0.3) is 0 Å². The van der Waals surface area contributed by atoms with Gasteiger partial charge in [-0.15, -0.1) is 0 Å². The first-order valence-electron chi connectivity index (χ1n) is 5.64. The summed E-state index contributed by atoms with van der Waals surface area (Å²) in [7, 11) is -0.832. The van der Waals surface area contributed by atoms with Crippen LogP contribution in [-0.4, -0.2) is 39.6 Å². The molecular weight excluding hydrogens is 306 g/mol. The molecule has 0 aromatic carbocycles. The molecule has 0 bridgehead atoms. The van der Waals surface area contributed by atoms with Gasteiger partial charge in [0.1, 0.15) is 4.21 Å². The maximum absolute atomic E-state index is 12.1. The third-order valence-corrected chi connectivity index (χ3v) is 5.64. The summed E-state index contributed by atoms with van der Waals surface area (Å²) in [6, 6.07) is 1.04. The van der Waals surface area contributed by atoms with Gasteiger partial charge in [-0.1, -0.05) is 11.3 Å². The third-order valence-electron chi connectivity index (χ3n) is 2.62. The lowest BCUT2D eigenvalue weighted by Gasteiger charge is -2.22. The van der Waals surface area contributed by atoms with Crippen LogP contribution in [0.2, 0.25) is 0 Å². The fourth-order valence-corrected chi connectivity index (χ4v) is 3.74. The second-order valence-corrected chi connectivity index (χ2v) is 7.62. The average Bonchev–Trinajstić information content (AvgIpc) is 2.82. The van der Waals surface area contributed by atoms with Crippen molar-refractivity contribution in [1.29, 1.82) is 0 Å². The van der Waals surface area contributed by atoms with E-state index < -0.39 is 20.5 Å². The van der Waals surface area contributed by atoms with E-state index in [2.05, 4.69) is 10.0 Å². The standard InChI is InChI=1S/C10H17N3O5S2/c1-10(2,18-4)6-12-20(16,17)8-5-7(13(14)15)9(11-3)19-8/h5,11-12H,6H2,1-4H3. The van der Waals surface area contributed by atoms with Crippen LogP contribution in [0.1, 0.15) is 13.8 Å². The molecule has 0 amide bonds. The molecule has 1 rings (SSSR count). The van der Waals surface area contributed by atoms with Crippen LogP contribution in [0.15, 0.2) is 10.3 Å². The summed E-state index contributed by atoms with van der Waals surface area (Å²) in [6.45, 7) is 3.52. The quantitative estimate of drug-likeness (QED) is 0.579. The van der Waals surface area contributed by atoms with Crippen molar-refractivity contribution in [3.05, 3.63) is 16.2 Å². The lowest BCUT2D eigenvalue weighted by Crippen LogP contribution is -2.39. The zero-order chi connectivity index (χ0) is 15.6. The number of nitrogens with one attached hydrogen (secondary N) is 2. The summed E-state index contributed by atoms with van der Waals surface area (Å²) in [6.07, 6.45) is 0. The number of thiophene rings is 1. The van der Waals surface area contributed by atoms with Gasteiger partial charge in [-0.05, 0) is 13.8 Å². The Morgan fingerprint density at radius 3 is 2.50 bits per heavy atom. The molecule has 0 fully saturated rings. The molecule has 1 aromatic heterocycles. The Bertz CT molecular complexity index is 594. The number of anilines is 1. The Labute approximate surface area is 121 Å². The molecule has 0 saturated carbocycles. The molecular formula is C10H17N3O5S2. The molecule has 114 valence electrons. The van der Waals surface area contributed by atoms with E-state index in [1.807, 2.05) is 0 Å². The molecule has 1 heterocycles. The highest BCUT2D eigenvalue weighted by atomic mass is 32.2. The molecule has 0 radical (unpaired) electrons. The molecule has 0 atom stereocenters. The lowest BCUT2D eigenvalue weighted by molar-refractivity contribution is -0.383. The summed E-state index contributed by atoms with van der Waals surface area (Å²) >= 11 is 0.809. The second-order valence-electron chi connectivity index (χ2n) is 4.58. The molecule has 2 N–H and O–H groups in total. The van der Waals surface area contributed by atoms with Crippen LogP contribution >= 0.6 is 11.3 Å². The monoisotopic (exact) mass is 323 g/mol. The fourth-order valence-electron chi connectivity index (χ4n) is 1.22. The van der Waals surface area contributed by atoms with Gasteiger partial charge in [0.05, 0.1) is 10.5 Å². The van der Waals surface area contributed by atoms with Crippen LogP contribution in [0.25, 0.3) is 0 Å². The number of methoxy groups -OCH3 is 1. The largest absolute Gasteiger partial charge is 0.377 e. The maximum atomic E-state index is 12.1. The van der Waals surface area contributed by atoms with Crippen molar-refractivity contribution in [2.45, 2.75) is 23.7 Å². The highest BCUT2D eigenvalue weighted by Gasteiger charge is 2.27. The van der Waals surface area contributed by atoms with E-state index >= 15 is 0 Å². The van der Waals surface area contributed by atoms with E-state index in [9.17, 15) is 18.5 Å². The molecule has 0 spiro atoms. The number of ether oxygens (including phenoxy) is 1. The van der Waals surface area contributed by atoms with Crippen molar-refractivity contribution in [2.75, 3.05) is 26.0 Å². The van der Waals surface area contributed by atoms with Gasteiger partial charge in [-0.3, -0.25) is 10.1 Å². The maximum Gasteiger partial charge on any atom is 0.304 e. The first-order chi connectivity index (χ1) is 9.13. The van der Waals surface area contributed by atoms with E-state index in [4.69, 9.17) is 4.74 Å². The van der Waals surface area contributed by atoms with Crippen LogP contribution in [-0.2, 0) is 14.8 Å². The number of nitrogens with zero attached hydrogens (tertiary/aromatic N) is 1. The van der Waals surface area contributed by atoms with Crippen molar-refractivity contribution in [3.63, 3.8) is 0 Å². The molecule has 0 saturated heterocycles. The highest BCUT2D eigenvalue weighted by molar-refractivity contribution is 7.91. The molecule has 1 aromatic rings. The van der Waals surface area contributed by atoms with E-state index in [1.54, 1.807) is 13.8 Å². The summed E-state index contributed by atoms with van der Waals surface area (Å²) in [4.78, 5) is 10.2. The van der Waals surface area contributed by atoms with Gasteiger partial charge in [0, 0.05) is 26.8 Å². The number of sulfonamides is 1. The second kappa shape index (κ2) is 6.04. The Morgan fingerprint density at radius 1 is 1.50 bits per heavy atom. The van der Waals surface area contributed by atoms with Crippen LogP contribution in [0.3, 0.4) is 0 Å². The van der Waals surface area contributed by atoms with Crippen LogP contribution < -0.4 is 10.0 Å². The van der Waals surface area contributed by atoms with E-state index in [-0.39, 0.29) is 21.4 Å². The van der Waals surface area contributed by atoms with Crippen molar-refractivity contribution >= 4 is 32.0 Å². The Morgan fingerprint density at radius 2 is 2.10 bits per heavy atom. The first kappa shape index (κ1) is 16.8. The van der Waals surface area contributed by atoms with Gasteiger partial charge in [0.15, 0.2) is 5.00 Å². The summed E-state index contributed by atoms with van der Waals surface area (Å²) < 4.78 is 31.6. The predicted molar refractivity (Wildman–Crippen MR) is 76.8 cm³/mol. The summed E-state index contributed by atoms with van der Waals surface area (Å²) in [5.74, 6) is 0. The number of hydrogen-bond acceptors (Lipinski definition) is 7.